The molecule has 1 amide bonds. The summed E-state index contributed by atoms with van der Waals surface area (Å²) in [5.74, 6) is 0.931. The molecule has 1 saturated carbocycles. The van der Waals surface area contributed by atoms with E-state index in [0.29, 0.717) is 36.8 Å². The van der Waals surface area contributed by atoms with Crippen molar-refractivity contribution in [1.29, 1.82) is 0 Å². The summed E-state index contributed by atoms with van der Waals surface area (Å²) in [6.45, 7) is 1.23. The molecule has 2 heterocycles. The molecule has 1 aromatic carbocycles. The standard InChI is InChI=1S/C18H22N4O2S/c23-17(11-15-14-4-2-1-3-12(14)8-10-24-15)19-9-7-16-20-21-18(25)22(16)13-5-6-13/h1-4,13,15H,5-11H2,(H,19,23)(H,21,25)/t15-/m0/s1. The van der Waals surface area contributed by atoms with E-state index in [-0.39, 0.29) is 12.0 Å². The molecule has 132 valence electrons. The van der Waals surface area contributed by atoms with Crippen LogP contribution in [0.2, 0.25) is 0 Å². The Labute approximate surface area is 151 Å². The zero-order valence-corrected chi connectivity index (χ0v) is 14.8. The second-order valence-electron chi connectivity index (χ2n) is 6.66. The third-order valence-electron chi connectivity index (χ3n) is 4.82. The van der Waals surface area contributed by atoms with Gasteiger partial charge in [-0.3, -0.25) is 9.89 Å². The largest absolute Gasteiger partial charge is 0.373 e. The number of amides is 1. The molecular weight excluding hydrogens is 336 g/mol. The highest BCUT2D eigenvalue weighted by Gasteiger charge is 2.27. The number of benzene rings is 1. The van der Waals surface area contributed by atoms with Crippen LogP contribution in [0.3, 0.4) is 0 Å². The molecule has 0 saturated heterocycles. The summed E-state index contributed by atoms with van der Waals surface area (Å²) in [6, 6.07) is 8.69. The van der Waals surface area contributed by atoms with E-state index in [2.05, 4.69) is 32.2 Å². The minimum absolute atomic E-state index is 0.00816. The zero-order valence-electron chi connectivity index (χ0n) is 14.0. The minimum Gasteiger partial charge on any atom is -0.373 e. The molecule has 7 heteroatoms. The molecule has 0 radical (unpaired) electrons. The fourth-order valence-electron chi connectivity index (χ4n) is 3.42. The van der Waals surface area contributed by atoms with E-state index < -0.39 is 0 Å². The molecule has 1 aliphatic carbocycles. The van der Waals surface area contributed by atoms with Gasteiger partial charge >= 0.3 is 0 Å². The molecule has 0 bridgehead atoms. The Bertz CT molecular complexity index is 824. The van der Waals surface area contributed by atoms with Crippen molar-refractivity contribution in [2.75, 3.05) is 13.2 Å². The summed E-state index contributed by atoms with van der Waals surface area (Å²) in [5, 5.41) is 10.1. The molecular formula is C18H22N4O2S. The van der Waals surface area contributed by atoms with Gasteiger partial charge in [0.2, 0.25) is 5.91 Å². The lowest BCUT2D eigenvalue weighted by atomic mass is 9.95. The lowest BCUT2D eigenvalue weighted by Gasteiger charge is -2.25. The Kier molecular flexibility index (Phi) is 4.67. The van der Waals surface area contributed by atoms with Gasteiger partial charge in [0, 0.05) is 19.0 Å². The molecule has 1 fully saturated rings. The molecule has 4 rings (SSSR count). The van der Waals surface area contributed by atoms with Crippen LogP contribution in [-0.2, 0) is 22.4 Å². The number of nitrogens with one attached hydrogen (secondary N) is 2. The second kappa shape index (κ2) is 7.09. The Balaban J connectivity index is 1.31. The van der Waals surface area contributed by atoms with Crippen LogP contribution in [0.4, 0.5) is 0 Å². The topological polar surface area (TPSA) is 71.9 Å². The van der Waals surface area contributed by atoms with Gasteiger partial charge in [0.1, 0.15) is 5.82 Å². The fraction of sp³-hybridized carbons (Fsp3) is 0.500. The van der Waals surface area contributed by atoms with E-state index in [9.17, 15) is 4.79 Å². The predicted molar refractivity (Wildman–Crippen MR) is 95.9 cm³/mol. The van der Waals surface area contributed by atoms with Gasteiger partial charge < -0.3 is 14.6 Å². The Hall–Kier alpha value is -1.99. The minimum atomic E-state index is -0.147. The first-order chi connectivity index (χ1) is 12.2. The number of hydrogen-bond acceptors (Lipinski definition) is 4. The number of aromatic amines is 1. The van der Waals surface area contributed by atoms with Crippen molar-refractivity contribution in [3.8, 4) is 0 Å². The van der Waals surface area contributed by atoms with Gasteiger partial charge in [-0.1, -0.05) is 24.3 Å². The first kappa shape index (κ1) is 16.5. The third-order valence-corrected chi connectivity index (χ3v) is 5.11. The van der Waals surface area contributed by atoms with Crippen molar-refractivity contribution in [2.45, 2.75) is 44.2 Å². The number of carbonyl (C=O) groups excluding carboxylic acids is 1. The Morgan fingerprint density at radius 3 is 3.08 bits per heavy atom. The average molecular weight is 358 g/mol. The second-order valence-corrected chi connectivity index (χ2v) is 7.05. The van der Waals surface area contributed by atoms with Gasteiger partial charge in [-0.2, -0.15) is 5.10 Å². The maximum atomic E-state index is 12.3. The van der Waals surface area contributed by atoms with Gasteiger partial charge in [-0.25, -0.2) is 0 Å². The van der Waals surface area contributed by atoms with Crippen LogP contribution < -0.4 is 5.32 Å². The summed E-state index contributed by atoms with van der Waals surface area (Å²) in [4.78, 5) is 12.3. The maximum absolute atomic E-state index is 12.3. The van der Waals surface area contributed by atoms with E-state index in [1.54, 1.807) is 0 Å². The zero-order chi connectivity index (χ0) is 17.2. The first-order valence-electron chi connectivity index (χ1n) is 8.84. The smallest absolute Gasteiger partial charge is 0.222 e. The molecule has 25 heavy (non-hydrogen) atoms. The van der Waals surface area contributed by atoms with Crippen LogP contribution in [0, 0.1) is 4.77 Å². The number of nitrogens with zero attached hydrogens (tertiary/aromatic N) is 2. The van der Waals surface area contributed by atoms with Gasteiger partial charge in [0.15, 0.2) is 4.77 Å². The number of hydrogen-bond donors (Lipinski definition) is 2. The van der Waals surface area contributed by atoms with Crippen molar-refractivity contribution >= 4 is 18.1 Å². The monoisotopic (exact) mass is 358 g/mol. The van der Waals surface area contributed by atoms with E-state index in [4.69, 9.17) is 17.0 Å². The molecule has 0 unspecified atom stereocenters. The van der Waals surface area contributed by atoms with Crippen LogP contribution in [0.15, 0.2) is 24.3 Å². The van der Waals surface area contributed by atoms with Crippen molar-refractivity contribution in [3.63, 3.8) is 0 Å². The lowest BCUT2D eigenvalue weighted by Crippen LogP contribution is -2.29. The van der Waals surface area contributed by atoms with Crippen molar-refractivity contribution in [3.05, 3.63) is 46.0 Å². The number of ether oxygens (including phenoxy) is 1. The predicted octanol–water partition coefficient (Wildman–Crippen LogP) is 2.64. The van der Waals surface area contributed by atoms with Gasteiger partial charge in [-0.15, -0.1) is 0 Å². The molecule has 2 N–H and O–H groups in total. The molecule has 2 aliphatic rings. The number of carbonyl (C=O) groups is 1. The number of rotatable bonds is 6. The first-order valence-corrected chi connectivity index (χ1v) is 9.25. The highest BCUT2D eigenvalue weighted by Crippen LogP contribution is 2.35. The van der Waals surface area contributed by atoms with Crippen LogP contribution in [0.5, 0.6) is 0 Å². The van der Waals surface area contributed by atoms with Crippen LogP contribution in [0.25, 0.3) is 0 Å². The van der Waals surface area contributed by atoms with Crippen LogP contribution in [0.1, 0.15) is 48.4 Å². The SMILES string of the molecule is O=C(C[C@@H]1OCCc2ccccc21)NCCc1n[nH]c(=S)n1C1CC1. The Morgan fingerprint density at radius 1 is 1.40 bits per heavy atom. The molecule has 1 atom stereocenters. The van der Waals surface area contributed by atoms with Crippen molar-refractivity contribution < 1.29 is 9.53 Å². The summed E-state index contributed by atoms with van der Waals surface area (Å²) >= 11 is 5.28. The molecule has 6 nitrogen and oxygen atoms in total. The molecule has 0 spiro atoms. The maximum Gasteiger partial charge on any atom is 0.222 e. The van der Waals surface area contributed by atoms with Gasteiger partial charge in [0.25, 0.3) is 0 Å². The van der Waals surface area contributed by atoms with Crippen molar-refractivity contribution in [2.24, 2.45) is 0 Å². The lowest BCUT2D eigenvalue weighted by molar-refractivity contribution is -0.124. The number of H-pyrrole nitrogens is 1. The fourth-order valence-corrected chi connectivity index (χ4v) is 3.72. The average Bonchev–Trinajstić information content (AvgIpc) is 3.39. The van der Waals surface area contributed by atoms with E-state index >= 15 is 0 Å². The number of fused-ring (bicyclic) bond motifs is 1. The van der Waals surface area contributed by atoms with E-state index in [1.807, 2.05) is 12.1 Å². The summed E-state index contributed by atoms with van der Waals surface area (Å²) in [7, 11) is 0. The normalized spacial score (nSPS) is 19.4. The van der Waals surface area contributed by atoms with E-state index in [0.717, 1.165) is 30.7 Å². The van der Waals surface area contributed by atoms with Gasteiger partial charge in [0.05, 0.1) is 19.1 Å². The van der Waals surface area contributed by atoms with Crippen LogP contribution in [-0.4, -0.2) is 33.8 Å². The highest BCUT2D eigenvalue weighted by molar-refractivity contribution is 7.71. The quantitative estimate of drug-likeness (QED) is 0.779. The third kappa shape index (κ3) is 3.67. The van der Waals surface area contributed by atoms with Crippen LogP contribution >= 0.6 is 12.2 Å². The summed E-state index contributed by atoms with van der Waals surface area (Å²) in [6.07, 6.45) is 4.12. The highest BCUT2D eigenvalue weighted by atomic mass is 32.1. The molecule has 2 aromatic rings. The summed E-state index contributed by atoms with van der Waals surface area (Å²) < 4.78 is 8.57. The number of aromatic nitrogens is 3. The van der Waals surface area contributed by atoms with Gasteiger partial charge in [-0.05, 0) is 42.6 Å². The molecule has 1 aliphatic heterocycles. The Morgan fingerprint density at radius 2 is 2.24 bits per heavy atom. The summed E-state index contributed by atoms with van der Waals surface area (Å²) in [5.41, 5.74) is 2.42. The van der Waals surface area contributed by atoms with Crippen molar-refractivity contribution in [1.82, 2.24) is 20.1 Å². The molecule has 1 aromatic heterocycles. The van der Waals surface area contributed by atoms with E-state index in [1.165, 1.54) is 5.56 Å².